The highest BCUT2D eigenvalue weighted by Crippen LogP contribution is 2.18. The van der Waals surface area contributed by atoms with Crippen molar-refractivity contribution < 1.29 is 4.79 Å². The lowest BCUT2D eigenvalue weighted by molar-refractivity contribution is -0.120. The first kappa shape index (κ1) is 9.38. The van der Waals surface area contributed by atoms with Crippen molar-refractivity contribution in [2.75, 3.05) is 5.75 Å². The monoisotopic (exact) mass is 187 g/mol. The highest BCUT2D eigenvalue weighted by molar-refractivity contribution is 8.13. The molecule has 0 atom stereocenters. The van der Waals surface area contributed by atoms with Crippen LogP contribution < -0.4 is 11.1 Å². The van der Waals surface area contributed by atoms with Crippen LogP contribution in [0.5, 0.6) is 0 Å². The van der Waals surface area contributed by atoms with Crippen molar-refractivity contribution in [1.29, 1.82) is 5.41 Å². The van der Waals surface area contributed by atoms with Crippen LogP contribution in [-0.2, 0) is 4.79 Å². The summed E-state index contributed by atoms with van der Waals surface area (Å²) in [6, 6.07) is 0.430. The van der Waals surface area contributed by atoms with Crippen molar-refractivity contribution in [2.45, 2.75) is 25.3 Å². The standard InChI is InChI=1S/C7H13N3OS/c8-7(9)12-4-3-6(11)10-5-1-2-5/h5H,1-4H2,(H3,8,9)(H,10,11). The van der Waals surface area contributed by atoms with Gasteiger partial charge in [0.25, 0.3) is 0 Å². The van der Waals surface area contributed by atoms with E-state index in [0.29, 0.717) is 18.2 Å². The molecule has 4 N–H and O–H groups in total. The van der Waals surface area contributed by atoms with E-state index in [1.165, 1.54) is 11.8 Å². The number of nitrogens with two attached hydrogens (primary N) is 1. The fourth-order valence-corrected chi connectivity index (χ4v) is 1.29. The van der Waals surface area contributed by atoms with E-state index in [2.05, 4.69) is 5.32 Å². The third-order valence-electron chi connectivity index (χ3n) is 1.53. The molecule has 0 spiro atoms. The maximum absolute atomic E-state index is 11.0. The van der Waals surface area contributed by atoms with Gasteiger partial charge in [-0.15, -0.1) is 0 Å². The Morgan fingerprint density at radius 2 is 2.33 bits per heavy atom. The van der Waals surface area contributed by atoms with E-state index in [4.69, 9.17) is 11.1 Å². The number of amides is 1. The Morgan fingerprint density at radius 3 is 2.83 bits per heavy atom. The molecule has 12 heavy (non-hydrogen) atoms. The van der Waals surface area contributed by atoms with Gasteiger partial charge >= 0.3 is 0 Å². The summed E-state index contributed by atoms with van der Waals surface area (Å²) >= 11 is 1.21. The number of carbonyl (C=O) groups is 1. The zero-order valence-corrected chi connectivity index (χ0v) is 7.62. The Bertz CT molecular complexity index is 191. The van der Waals surface area contributed by atoms with Crippen molar-refractivity contribution in [3.8, 4) is 0 Å². The van der Waals surface area contributed by atoms with Crippen LogP contribution in [0.4, 0.5) is 0 Å². The van der Waals surface area contributed by atoms with Crippen LogP contribution in [0.25, 0.3) is 0 Å². The summed E-state index contributed by atoms with van der Waals surface area (Å²) in [4.78, 5) is 11.0. The van der Waals surface area contributed by atoms with Crippen LogP contribution in [-0.4, -0.2) is 22.9 Å². The molecule has 0 radical (unpaired) electrons. The van der Waals surface area contributed by atoms with Crippen molar-refractivity contribution in [1.82, 2.24) is 5.32 Å². The molecule has 0 aliphatic heterocycles. The van der Waals surface area contributed by atoms with Gasteiger partial charge in [0.1, 0.15) is 0 Å². The number of hydrogen-bond acceptors (Lipinski definition) is 3. The van der Waals surface area contributed by atoms with E-state index >= 15 is 0 Å². The molecule has 1 saturated carbocycles. The zero-order valence-electron chi connectivity index (χ0n) is 6.80. The van der Waals surface area contributed by atoms with Gasteiger partial charge in [-0.25, -0.2) is 0 Å². The summed E-state index contributed by atoms with van der Waals surface area (Å²) in [7, 11) is 0. The van der Waals surface area contributed by atoms with Gasteiger partial charge in [0.2, 0.25) is 5.91 Å². The lowest BCUT2D eigenvalue weighted by Crippen LogP contribution is -2.25. The maximum atomic E-state index is 11.0. The van der Waals surface area contributed by atoms with E-state index in [1.54, 1.807) is 0 Å². The van der Waals surface area contributed by atoms with Crippen molar-refractivity contribution in [3.63, 3.8) is 0 Å². The number of rotatable bonds is 4. The lowest BCUT2D eigenvalue weighted by atomic mass is 10.4. The minimum Gasteiger partial charge on any atom is -0.379 e. The van der Waals surface area contributed by atoms with Gasteiger partial charge < -0.3 is 11.1 Å². The Labute approximate surface area is 75.8 Å². The molecule has 0 aromatic heterocycles. The second kappa shape index (κ2) is 4.35. The smallest absolute Gasteiger partial charge is 0.221 e. The van der Waals surface area contributed by atoms with Crippen LogP contribution in [0, 0.1) is 5.41 Å². The molecule has 5 heteroatoms. The molecule has 1 fully saturated rings. The van der Waals surface area contributed by atoms with E-state index < -0.39 is 0 Å². The minimum absolute atomic E-state index is 0.0752. The predicted molar refractivity (Wildman–Crippen MR) is 50.2 cm³/mol. The summed E-state index contributed by atoms with van der Waals surface area (Å²) in [6.45, 7) is 0. The van der Waals surface area contributed by atoms with Gasteiger partial charge in [-0.1, -0.05) is 11.8 Å². The van der Waals surface area contributed by atoms with Gasteiger partial charge in [0, 0.05) is 18.2 Å². The van der Waals surface area contributed by atoms with Crippen molar-refractivity contribution in [3.05, 3.63) is 0 Å². The third kappa shape index (κ3) is 4.23. The molecular formula is C7H13N3OS. The molecule has 0 unspecified atom stereocenters. The molecular weight excluding hydrogens is 174 g/mol. The molecule has 0 heterocycles. The number of carbonyl (C=O) groups excluding carboxylic acids is 1. The molecule has 1 rings (SSSR count). The maximum Gasteiger partial charge on any atom is 0.221 e. The highest BCUT2D eigenvalue weighted by Gasteiger charge is 2.22. The van der Waals surface area contributed by atoms with Crippen LogP contribution in [0.15, 0.2) is 0 Å². The summed E-state index contributed by atoms with van der Waals surface area (Å²) in [6.07, 6.45) is 2.69. The van der Waals surface area contributed by atoms with Crippen molar-refractivity contribution in [2.24, 2.45) is 5.73 Å². The first-order valence-electron chi connectivity index (χ1n) is 3.94. The second-order valence-electron chi connectivity index (χ2n) is 2.80. The van der Waals surface area contributed by atoms with E-state index in [-0.39, 0.29) is 11.1 Å². The zero-order chi connectivity index (χ0) is 8.97. The highest BCUT2D eigenvalue weighted by atomic mass is 32.2. The minimum atomic E-state index is 0.0752. The van der Waals surface area contributed by atoms with Crippen LogP contribution in [0.3, 0.4) is 0 Å². The Hall–Kier alpha value is -0.710. The van der Waals surface area contributed by atoms with Crippen LogP contribution >= 0.6 is 11.8 Å². The molecule has 0 aromatic rings. The first-order valence-corrected chi connectivity index (χ1v) is 4.93. The number of nitrogens with one attached hydrogen (secondary N) is 2. The first-order chi connectivity index (χ1) is 5.68. The summed E-state index contributed by atoms with van der Waals surface area (Å²) in [5.74, 6) is 0.680. The molecule has 0 bridgehead atoms. The number of amidine groups is 1. The fourth-order valence-electron chi connectivity index (χ4n) is 0.781. The average molecular weight is 187 g/mol. The van der Waals surface area contributed by atoms with Gasteiger partial charge in [0.15, 0.2) is 5.17 Å². The van der Waals surface area contributed by atoms with Gasteiger partial charge in [-0.05, 0) is 12.8 Å². The summed E-state index contributed by atoms with van der Waals surface area (Å²) in [5.41, 5.74) is 5.11. The van der Waals surface area contributed by atoms with Crippen LogP contribution in [0.2, 0.25) is 0 Å². The average Bonchev–Trinajstić information content (AvgIpc) is 2.70. The van der Waals surface area contributed by atoms with Crippen molar-refractivity contribution >= 4 is 22.8 Å². The Kier molecular flexibility index (Phi) is 3.40. The van der Waals surface area contributed by atoms with E-state index in [9.17, 15) is 4.79 Å². The van der Waals surface area contributed by atoms with Gasteiger partial charge in [-0.2, -0.15) is 0 Å². The molecule has 4 nitrogen and oxygen atoms in total. The SMILES string of the molecule is N=C(N)SCCC(=O)NC1CC1. The second-order valence-corrected chi connectivity index (χ2v) is 3.94. The molecule has 1 aliphatic rings. The number of thioether (sulfide) groups is 1. The van der Waals surface area contributed by atoms with E-state index in [0.717, 1.165) is 12.8 Å². The lowest BCUT2D eigenvalue weighted by Gasteiger charge is -2.01. The largest absolute Gasteiger partial charge is 0.379 e. The fraction of sp³-hybridized carbons (Fsp3) is 0.714. The molecule has 0 saturated heterocycles. The van der Waals surface area contributed by atoms with Gasteiger partial charge in [0.05, 0.1) is 0 Å². The van der Waals surface area contributed by atoms with Crippen LogP contribution in [0.1, 0.15) is 19.3 Å². The predicted octanol–water partition coefficient (Wildman–Crippen LogP) is 0.282. The Morgan fingerprint density at radius 1 is 1.67 bits per heavy atom. The third-order valence-corrected chi connectivity index (χ3v) is 2.25. The Balaban J connectivity index is 1.97. The number of hydrogen-bond donors (Lipinski definition) is 3. The molecule has 1 amide bonds. The summed E-state index contributed by atoms with van der Waals surface area (Å²) < 4.78 is 0. The topological polar surface area (TPSA) is 79.0 Å². The normalized spacial score (nSPS) is 15.7. The quantitative estimate of drug-likeness (QED) is 0.437. The molecule has 68 valence electrons. The van der Waals surface area contributed by atoms with E-state index in [1.807, 2.05) is 0 Å². The summed E-state index contributed by atoms with van der Waals surface area (Å²) in [5, 5.41) is 9.84. The van der Waals surface area contributed by atoms with Gasteiger partial charge in [-0.3, -0.25) is 10.2 Å². The molecule has 0 aromatic carbocycles. The molecule has 1 aliphatic carbocycles.